The Morgan fingerprint density at radius 1 is 1.16 bits per heavy atom. The largest absolute Gasteiger partial charge is 0.354 e. The Morgan fingerprint density at radius 3 is 2.56 bits per heavy atom. The number of rotatable bonds is 5. The van der Waals surface area contributed by atoms with Gasteiger partial charge in [-0.1, -0.05) is 44.4 Å². The van der Waals surface area contributed by atoms with E-state index in [1.165, 1.54) is 32.1 Å². The van der Waals surface area contributed by atoms with Crippen LogP contribution in [0.2, 0.25) is 0 Å². The fraction of sp³-hybridized carbons (Fsp3) is 0.600. The first-order valence-corrected chi connectivity index (χ1v) is 10.5. The van der Waals surface area contributed by atoms with E-state index >= 15 is 0 Å². The standard InChI is InChI=1S/C20H28N2O2S/c1-2-13-21-18(23)17-14-25-20(16-11-7-4-8-12-16)22(17)19(24)15-9-5-3-6-10-15/h3,5-6,9-10,16-17,20H,2,4,7-8,11-14H2,1H3,(H,21,23). The number of nitrogens with one attached hydrogen (secondary N) is 1. The average molecular weight is 361 g/mol. The van der Waals surface area contributed by atoms with Crippen LogP contribution in [0.5, 0.6) is 0 Å². The molecule has 4 nitrogen and oxygen atoms in total. The molecule has 1 saturated heterocycles. The van der Waals surface area contributed by atoms with Crippen molar-refractivity contribution >= 4 is 23.6 Å². The number of amides is 2. The van der Waals surface area contributed by atoms with Gasteiger partial charge in [-0.15, -0.1) is 11.8 Å². The Bertz CT molecular complexity index is 587. The molecule has 25 heavy (non-hydrogen) atoms. The van der Waals surface area contributed by atoms with Gasteiger partial charge >= 0.3 is 0 Å². The molecule has 2 amide bonds. The van der Waals surface area contributed by atoms with E-state index < -0.39 is 0 Å². The second kappa shape index (κ2) is 8.75. The van der Waals surface area contributed by atoms with Gasteiger partial charge in [-0.25, -0.2) is 0 Å². The molecule has 1 aliphatic carbocycles. The number of nitrogens with zero attached hydrogens (tertiary/aromatic N) is 1. The van der Waals surface area contributed by atoms with Crippen LogP contribution in [0.15, 0.2) is 30.3 Å². The summed E-state index contributed by atoms with van der Waals surface area (Å²) in [5, 5.41) is 3.12. The molecular weight excluding hydrogens is 332 g/mol. The summed E-state index contributed by atoms with van der Waals surface area (Å²) >= 11 is 1.79. The van der Waals surface area contributed by atoms with Gasteiger partial charge in [-0.3, -0.25) is 9.59 Å². The van der Waals surface area contributed by atoms with Crippen LogP contribution >= 0.6 is 11.8 Å². The Balaban J connectivity index is 1.83. The zero-order chi connectivity index (χ0) is 17.6. The number of carbonyl (C=O) groups excluding carboxylic acids is 2. The van der Waals surface area contributed by atoms with Gasteiger partial charge in [0.15, 0.2) is 0 Å². The lowest BCUT2D eigenvalue weighted by molar-refractivity contribution is -0.125. The van der Waals surface area contributed by atoms with Gasteiger partial charge in [-0.2, -0.15) is 0 Å². The van der Waals surface area contributed by atoms with Gasteiger partial charge in [0.05, 0.1) is 5.37 Å². The average Bonchev–Trinajstić information content (AvgIpc) is 3.12. The lowest BCUT2D eigenvalue weighted by atomic mass is 9.88. The number of benzene rings is 1. The second-order valence-electron chi connectivity index (χ2n) is 7.01. The first kappa shape index (κ1) is 18.3. The monoisotopic (exact) mass is 360 g/mol. The minimum Gasteiger partial charge on any atom is -0.354 e. The topological polar surface area (TPSA) is 49.4 Å². The molecule has 1 N–H and O–H groups in total. The van der Waals surface area contributed by atoms with E-state index in [1.54, 1.807) is 11.8 Å². The Hall–Kier alpha value is -1.49. The molecule has 3 rings (SSSR count). The van der Waals surface area contributed by atoms with E-state index in [9.17, 15) is 9.59 Å². The van der Waals surface area contributed by atoms with Crippen molar-refractivity contribution < 1.29 is 9.59 Å². The highest BCUT2D eigenvalue weighted by atomic mass is 32.2. The number of hydrogen-bond donors (Lipinski definition) is 1. The number of hydrogen-bond acceptors (Lipinski definition) is 3. The molecule has 5 heteroatoms. The van der Waals surface area contributed by atoms with Crippen molar-refractivity contribution in [2.75, 3.05) is 12.3 Å². The van der Waals surface area contributed by atoms with Crippen LogP contribution in [0.3, 0.4) is 0 Å². The van der Waals surface area contributed by atoms with Gasteiger partial charge in [0, 0.05) is 17.9 Å². The zero-order valence-electron chi connectivity index (χ0n) is 14.9. The van der Waals surface area contributed by atoms with Crippen LogP contribution in [-0.4, -0.2) is 40.4 Å². The van der Waals surface area contributed by atoms with Gasteiger partial charge in [0.25, 0.3) is 5.91 Å². The van der Waals surface area contributed by atoms with Crippen molar-refractivity contribution in [3.63, 3.8) is 0 Å². The summed E-state index contributed by atoms with van der Waals surface area (Å²) in [6, 6.07) is 9.04. The molecule has 1 saturated carbocycles. The zero-order valence-corrected chi connectivity index (χ0v) is 15.8. The van der Waals surface area contributed by atoms with Gasteiger partial charge in [0.2, 0.25) is 5.91 Å². The summed E-state index contributed by atoms with van der Waals surface area (Å²) in [4.78, 5) is 27.8. The minimum absolute atomic E-state index is 0.00202. The lowest BCUT2D eigenvalue weighted by Crippen LogP contribution is -2.51. The Morgan fingerprint density at radius 2 is 1.88 bits per heavy atom. The van der Waals surface area contributed by atoms with Crippen LogP contribution in [-0.2, 0) is 4.79 Å². The van der Waals surface area contributed by atoms with E-state index in [1.807, 2.05) is 42.2 Å². The summed E-state index contributed by atoms with van der Waals surface area (Å²) in [5.74, 6) is 1.21. The fourth-order valence-corrected chi connectivity index (χ4v) is 5.50. The molecule has 0 bridgehead atoms. The first-order valence-electron chi connectivity index (χ1n) is 9.49. The summed E-state index contributed by atoms with van der Waals surface area (Å²) in [5.41, 5.74) is 0.680. The van der Waals surface area contributed by atoms with E-state index in [0.717, 1.165) is 6.42 Å². The van der Waals surface area contributed by atoms with Crippen molar-refractivity contribution in [1.29, 1.82) is 0 Å². The highest BCUT2D eigenvalue weighted by Crippen LogP contribution is 2.41. The smallest absolute Gasteiger partial charge is 0.255 e. The third kappa shape index (κ3) is 4.20. The summed E-state index contributed by atoms with van der Waals surface area (Å²) < 4.78 is 0. The predicted octanol–water partition coefficient (Wildman–Crippen LogP) is 3.68. The SMILES string of the molecule is CCCNC(=O)C1CSC(C2CCCCC2)N1C(=O)c1ccccc1. The third-order valence-corrected chi connectivity index (χ3v) is 6.66. The van der Waals surface area contributed by atoms with Gasteiger partial charge in [-0.05, 0) is 37.3 Å². The van der Waals surface area contributed by atoms with Crippen LogP contribution in [0.4, 0.5) is 0 Å². The van der Waals surface area contributed by atoms with Gasteiger partial charge in [0.1, 0.15) is 6.04 Å². The Labute approximate surface area is 154 Å². The number of thioether (sulfide) groups is 1. The van der Waals surface area contributed by atoms with Crippen LogP contribution in [0.25, 0.3) is 0 Å². The first-order chi connectivity index (χ1) is 12.2. The van der Waals surface area contributed by atoms with E-state index in [0.29, 0.717) is 23.8 Å². The second-order valence-corrected chi connectivity index (χ2v) is 8.16. The lowest BCUT2D eigenvalue weighted by Gasteiger charge is -2.35. The van der Waals surface area contributed by atoms with Crippen molar-refractivity contribution in [3.8, 4) is 0 Å². The molecule has 0 radical (unpaired) electrons. The van der Waals surface area contributed by atoms with E-state index in [4.69, 9.17) is 0 Å². The fourth-order valence-electron chi connectivity index (χ4n) is 3.87. The predicted molar refractivity (Wildman–Crippen MR) is 103 cm³/mol. The highest BCUT2D eigenvalue weighted by molar-refractivity contribution is 8.00. The van der Waals surface area contributed by atoms with Crippen LogP contribution in [0, 0.1) is 5.92 Å². The Kier molecular flexibility index (Phi) is 6.40. The normalized spacial score (nSPS) is 24.3. The number of carbonyl (C=O) groups is 2. The molecule has 2 aliphatic rings. The van der Waals surface area contributed by atoms with Crippen molar-refractivity contribution in [2.45, 2.75) is 56.9 Å². The quantitative estimate of drug-likeness (QED) is 0.871. The summed E-state index contributed by atoms with van der Waals surface area (Å²) in [6.45, 7) is 2.71. The van der Waals surface area contributed by atoms with Gasteiger partial charge < -0.3 is 10.2 Å². The minimum atomic E-state index is -0.351. The van der Waals surface area contributed by atoms with Crippen LogP contribution < -0.4 is 5.32 Å². The molecule has 0 spiro atoms. The summed E-state index contributed by atoms with van der Waals surface area (Å²) in [7, 11) is 0. The molecule has 1 aromatic carbocycles. The molecule has 2 unspecified atom stereocenters. The highest BCUT2D eigenvalue weighted by Gasteiger charge is 2.44. The molecule has 1 aromatic rings. The van der Waals surface area contributed by atoms with Crippen LogP contribution in [0.1, 0.15) is 55.8 Å². The molecular formula is C20H28N2O2S. The van der Waals surface area contributed by atoms with Crippen molar-refractivity contribution in [3.05, 3.63) is 35.9 Å². The molecule has 2 fully saturated rings. The summed E-state index contributed by atoms with van der Waals surface area (Å²) in [6.07, 6.45) is 7.01. The van der Waals surface area contributed by atoms with Crippen molar-refractivity contribution in [1.82, 2.24) is 10.2 Å². The molecule has 1 aliphatic heterocycles. The van der Waals surface area contributed by atoms with E-state index in [2.05, 4.69) is 5.32 Å². The molecule has 136 valence electrons. The molecule has 2 atom stereocenters. The van der Waals surface area contributed by atoms with Crippen molar-refractivity contribution in [2.24, 2.45) is 5.92 Å². The maximum absolute atomic E-state index is 13.2. The third-order valence-electron chi connectivity index (χ3n) is 5.20. The van der Waals surface area contributed by atoms with E-state index in [-0.39, 0.29) is 23.2 Å². The maximum atomic E-state index is 13.2. The molecule has 1 heterocycles. The molecule has 0 aromatic heterocycles. The maximum Gasteiger partial charge on any atom is 0.255 e.